The quantitative estimate of drug-likeness (QED) is 0.912. The van der Waals surface area contributed by atoms with Crippen LogP contribution in [0.1, 0.15) is 18.4 Å². The van der Waals surface area contributed by atoms with Crippen molar-refractivity contribution in [2.45, 2.75) is 25.4 Å². The lowest BCUT2D eigenvalue weighted by Gasteiger charge is -2.27. The molecule has 1 N–H and O–H groups in total. The predicted molar refractivity (Wildman–Crippen MR) is 78.8 cm³/mol. The molecule has 0 spiro atoms. The Balaban J connectivity index is 1.58. The van der Waals surface area contributed by atoms with Crippen LogP contribution in [0.3, 0.4) is 0 Å². The van der Waals surface area contributed by atoms with Crippen LogP contribution >= 0.6 is 0 Å². The maximum atomic E-state index is 11.1. The summed E-state index contributed by atoms with van der Waals surface area (Å²) in [5.74, 6) is 1.86. The van der Waals surface area contributed by atoms with E-state index >= 15 is 0 Å². The van der Waals surface area contributed by atoms with Gasteiger partial charge >= 0.3 is 0 Å². The summed E-state index contributed by atoms with van der Waals surface area (Å²) in [7, 11) is -2.82. The van der Waals surface area contributed by atoms with Gasteiger partial charge in [0.05, 0.1) is 11.5 Å². The van der Waals surface area contributed by atoms with Crippen LogP contribution in [0.5, 0.6) is 5.75 Å². The Morgan fingerprint density at radius 2 is 1.95 bits per heavy atom. The molecule has 2 aliphatic rings. The van der Waals surface area contributed by atoms with Gasteiger partial charge < -0.3 is 10.1 Å². The third kappa shape index (κ3) is 3.52. The van der Waals surface area contributed by atoms with Crippen molar-refractivity contribution in [3.05, 3.63) is 29.8 Å². The number of sulfone groups is 1. The minimum atomic E-state index is -2.82. The molecule has 0 saturated carbocycles. The van der Waals surface area contributed by atoms with Crippen molar-refractivity contribution in [3.63, 3.8) is 0 Å². The molecule has 0 bridgehead atoms. The average Bonchev–Trinajstić information content (AvgIpc) is 2.38. The summed E-state index contributed by atoms with van der Waals surface area (Å²) in [6, 6.07) is 8.11. The van der Waals surface area contributed by atoms with Gasteiger partial charge in [0.2, 0.25) is 0 Å². The highest BCUT2D eigenvalue weighted by atomic mass is 32.2. The van der Waals surface area contributed by atoms with Gasteiger partial charge in [-0.15, -0.1) is 0 Å². The van der Waals surface area contributed by atoms with Crippen LogP contribution in [0.2, 0.25) is 0 Å². The van der Waals surface area contributed by atoms with Gasteiger partial charge in [-0.1, -0.05) is 12.1 Å². The molecule has 0 radical (unpaired) electrons. The first-order chi connectivity index (χ1) is 9.61. The van der Waals surface area contributed by atoms with E-state index in [0.717, 1.165) is 31.2 Å². The first kappa shape index (κ1) is 13.9. The molecule has 2 fully saturated rings. The molecule has 0 unspecified atom stereocenters. The van der Waals surface area contributed by atoms with E-state index in [1.54, 1.807) is 0 Å². The zero-order valence-electron chi connectivity index (χ0n) is 11.5. The van der Waals surface area contributed by atoms with Crippen molar-refractivity contribution < 1.29 is 13.2 Å². The van der Waals surface area contributed by atoms with Gasteiger partial charge in [-0.2, -0.15) is 0 Å². The highest BCUT2D eigenvalue weighted by molar-refractivity contribution is 7.92. The van der Waals surface area contributed by atoms with Crippen LogP contribution in [0.4, 0.5) is 0 Å². The van der Waals surface area contributed by atoms with Crippen LogP contribution < -0.4 is 10.1 Å². The van der Waals surface area contributed by atoms with Gasteiger partial charge in [0.15, 0.2) is 9.84 Å². The molecule has 2 saturated heterocycles. The number of ether oxygens (including phenoxy) is 1. The molecule has 0 aliphatic carbocycles. The summed E-state index contributed by atoms with van der Waals surface area (Å²) in [6.07, 6.45) is 3.38. The van der Waals surface area contributed by atoms with E-state index in [4.69, 9.17) is 4.74 Å². The van der Waals surface area contributed by atoms with Crippen molar-refractivity contribution in [1.29, 1.82) is 0 Å². The third-order valence-electron chi connectivity index (χ3n) is 4.06. The van der Waals surface area contributed by atoms with E-state index < -0.39 is 9.84 Å². The highest BCUT2D eigenvalue weighted by Crippen LogP contribution is 2.24. The SMILES string of the molecule is O=S1(=O)CC(Oc2cccc(CC3CCNCC3)c2)C1. The van der Waals surface area contributed by atoms with Crippen molar-refractivity contribution in [2.75, 3.05) is 24.6 Å². The van der Waals surface area contributed by atoms with Crippen molar-refractivity contribution in [1.82, 2.24) is 5.32 Å². The van der Waals surface area contributed by atoms with Crippen molar-refractivity contribution >= 4 is 9.84 Å². The molecule has 1 aromatic carbocycles. The fourth-order valence-electron chi connectivity index (χ4n) is 2.94. The van der Waals surface area contributed by atoms with E-state index in [-0.39, 0.29) is 17.6 Å². The second-order valence-corrected chi connectivity index (χ2v) is 8.02. The maximum absolute atomic E-state index is 11.1. The standard InChI is InChI=1S/C15H21NO3S/c17-20(18)10-15(11-20)19-14-3-1-2-13(9-14)8-12-4-6-16-7-5-12/h1-3,9,12,15-16H,4-8,10-11H2. The molecule has 3 rings (SSSR count). The molecular formula is C15H21NO3S. The zero-order valence-corrected chi connectivity index (χ0v) is 12.4. The summed E-state index contributed by atoms with van der Waals surface area (Å²) >= 11 is 0. The minimum Gasteiger partial charge on any atom is -0.488 e. The van der Waals surface area contributed by atoms with E-state index in [1.165, 1.54) is 18.4 Å². The van der Waals surface area contributed by atoms with E-state index in [1.807, 2.05) is 12.1 Å². The predicted octanol–water partition coefficient (Wildman–Crippen LogP) is 1.40. The largest absolute Gasteiger partial charge is 0.488 e. The van der Waals surface area contributed by atoms with Crippen LogP contribution in [-0.2, 0) is 16.3 Å². The number of benzene rings is 1. The highest BCUT2D eigenvalue weighted by Gasteiger charge is 2.35. The number of hydrogen-bond donors (Lipinski definition) is 1. The molecule has 4 nitrogen and oxygen atoms in total. The Morgan fingerprint density at radius 3 is 2.65 bits per heavy atom. The van der Waals surface area contributed by atoms with Gasteiger partial charge in [-0.25, -0.2) is 8.42 Å². The van der Waals surface area contributed by atoms with Gasteiger partial charge in [0.1, 0.15) is 11.9 Å². The summed E-state index contributed by atoms with van der Waals surface area (Å²) in [4.78, 5) is 0. The van der Waals surface area contributed by atoms with E-state index in [2.05, 4.69) is 17.4 Å². The van der Waals surface area contributed by atoms with Gasteiger partial charge in [0, 0.05) is 0 Å². The van der Waals surface area contributed by atoms with Crippen LogP contribution in [0.25, 0.3) is 0 Å². The lowest BCUT2D eigenvalue weighted by atomic mass is 9.91. The smallest absolute Gasteiger partial charge is 0.157 e. The van der Waals surface area contributed by atoms with Crippen molar-refractivity contribution in [2.24, 2.45) is 5.92 Å². The Bertz CT molecular complexity index is 552. The molecule has 2 aliphatic heterocycles. The molecule has 1 aromatic rings. The summed E-state index contributed by atoms with van der Waals surface area (Å²) in [6.45, 7) is 2.22. The number of hydrogen-bond acceptors (Lipinski definition) is 4. The topological polar surface area (TPSA) is 55.4 Å². The number of rotatable bonds is 4. The first-order valence-electron chi connectivity index (χ1n) is 7.27. The van der Waals surface area contributed by atoms with Crippen LogP contribution in [0, 0.1) is 5.92 Å². The Labute approximate surface area is 120 Å². The monoisotopic (exact) mass is 295 g/mol. The normalized spacial score (nSPS) is 23.2. The fourth-order valence-corrected chi connectivity index (χ4v) is 4.11. The molecule has 0 aromatic heterocycles. The molecule has 5 heteroatoms. The van der Waals surface area contributed by atoms with E-state index in [9.17, 15) is 8.42 Å². The number of piperidine rings is 1. The maximum Gasteiger partial charge on any atom is 0.157 e. The van der Waals surface area contributed by atoms with Gasteiger partial charge in [-0.05, 0) is 56.0 Å². The minimum absolute atomic E-state index is 0.158. The molecule has 0 atom stereocenters. The van der Waals surface area contributed by atoms with Crippen molar-refractivity contribution in [3.8, 4) is 5.75 Å². The summed E-state index contributed by atoms with van der Waals surface area (Å²) in [5, 5.41) is 3.38. The lowest BCUT2D eigenvalue weighted by molar-refractivity contribution is 0.230. The van der Waals surface area contributed by atoms with E-state index in [0.29, 0.717) is 0 Å². The Kier molecular flexibility index (Phi) is 3.98. The van der Waals surface area contributed by atoms with Crippen LogP contribution in [-0.4, -0.2) is 39.1 Å². The molecular weight excluding hydrogens is 274 g/mol. The Morgan fingerprint density at radius 1 is 1.20 bits per heavy atom. The summed E-state index contributed by atoms with van der Waals surface area (Å²) in [5.41, 5.74) is 1.29. The number of nitrogens with one attached hydrogen (secondary N) is 1. The average molecular weight is 295 g/mol. The van der Waals surface area contributed by atoms with Gasteiger partial charge in [-0.3, -0.25) is 0 Å². The molecule has 110 valence electrons. The molecule has 20 heavy (non-hydrogen) atoms. The van der Waals surface area contributed by atoms with Gasteiger partial charge in [0.25, 0.3) is 0 Å². The molecule has 0 amide bonds. The Hall–Kier alpha value is -1.07. The first-order valence-corrected chi connectivity index (χ1v) is 9.10. The van der Waals surface area contributed by atoms with Crippen LogP contribution in [0.15, 0.2) is 24.3 Å². The fraction of sp³-hybridized carbons (Fsp3) is 0.600. The third-order valence-corrected chi connectivity index (χ3v) is 5.82. The molecule has 2 heterocycles. The second kappa shape index (κ2) is 5.74. The second-order valence-electron chi connectivity index (χ2n) is 5.86. The zero-order chi connectivity index (χ0) is 14.0. The summed E-state index contributed by atoms with van der Waals surface area (Å²) < 4.78 is 28.0. The lowest BCUT2D eigenvalue weighted by Crippen LogP contribution is -2.45.